The van der Waals surface area contributed by atoms with Crippen molar-refractivity contribution in [2.45, 2.75) is 26.3 Å². The Balaban J connectivity index is 1.90. The maximum Gasteiger partial charge on any atom is 0.258 e. The molecule has 1 saturated heterocycles. The van der Waals surface area contributed by atoms with Crippen molar-refractivity contribution in [2.24, 2.45) is 11.8 Å². The Labute approximate surface area is 126 Å². The number of aromatic nitrogens is 4. The third kappa shape index (κ3) is 3.01. The summed E-state index contributed by atoms with van der Waals surface area (Å²) in [6.45, 7) is 3.29. The molecule has 0 radical (unpaired) electrons. The van der Waals surface area contributed by atoms with E-state index in [2.05, 4.69) is 26.9 Å². The predicted molar refractivity (Wildman–Crippen MR) is 77.9 cm³/mol. The van der Waals surface area contributed by atoms with Crippen LogP contribution in [0.15, 0.2) is 12.4 Å². The monoisotopic (exact) mass is 311 g/mol. The fourth-order valence-corrected chi connectivity index (χ4v) is 3.06. The highest BCUT2D eigenvalue weighted by Crippen LogP contribution is 2.25. The summed E-state index contributed by atoms with van der Waals surface area (Å²) in [5.74, 6) is 1.29. The van der Waals surface area contributed by atoms with Gasteiger partial charge in [-0.05, 0) is 18.3 Å². The zero-order valence-corrected chi connectivity index (χ0v) is 12.4. The van der Waals surface area contributed by atoms with E-state index in [-0.39, 0.29) is 12.5 Å². The number of nitrogens with zero attached hydrogens (tertiary/aromatic N) is 5. The van der Waals surface area contributed by atoms with Crippen molar-refractivity contribution < 1.29 is 13.9 Å². The van der Waals surface area contributed by atoms with Crippen molar-refractivity contribution in [1.82, 2.24) is 19.7 Å². The highest BCUT2D eigenvalue weighted by Gasteiger charge is 2.25. The van der Waals surface area contributed by atoms with Crippen LogP contribution in [0.5, 0.6) is 0 Å². The zero-order chi connectivity index (χ0) is 15.7. The topological polar surface area (TPSA) is 67.1 Å². The molecule has 2 aromatic rings. The van der Waals surface area contributed by atoms with Gasteiger partial charge in [-0.1, -0.05) is 6.92 Å². The van der Waals surface area contributed by atoms with Gasteiger partial charge in [0.2, 0.25) is 0 Å². The van der Waals surface area contributed by atoms with Crippen LogP contribution in [0.4, 0.5) is 14.6 Å². The Morgan fingerprint density at radius 2 is 2.18 bits per heavy atom. The van der Waals surface area contributed by atoms with Crippen LogP contribution in [-0.4, -0.2) is 51.0 Å². The molecule has 3 rings (SSSR count). The third-order valence-corrected chi connectivity index (χ3v) is 3.97. The van der Waals surface area contributed by atoms with Crippen molar-refractivity contribution in [3.8, 4) is 0 Å². The molecule has 1 N–H and O–H groups in total. The van der Waals surface area contributed by atoms with Crippen molar-refractivity contribution in [1.29, 1.82) is 0 Å². The van der Waals surface area contributed by atoms with E-state index in [0.717, 1.165) is 13.0 Å². The average molecular weight is 311 g/mol. The van der Waals surface area contributed by atoms with E-state index in [4.69, 9.17) is 0 Å². The van der Waals surface area contributed by atoms with Gasteiger partial charge in [0.25, 0.3) is 6.43 Å². The minimum Gasteiger partial charge on any atom is -0.396 e. The molecule has 1 aliphatic rings. The molecule has 0 aromatic carbocycles. The lowest BCUT2D eigenvalue weighted by molar-refractivity contribution is 0.123. The maximum atomic E-state index is 12.6. The van der Waals surface area contributed by atoms with Crippen LogP contribution in [0.3, 0.4) is 0 Å². The minimum atomic E-state index is -2.48. The number of hydrogen-bond donors (Lipinski definition) is 1. The minimum absolute atomic E-state index is 0.139. The van der Waals surface area contributed by atoms with Crippen molar-refractivity contribution in [2.75, 3.05) is 24.6 Å². The molecule has 22 heavy (non-hydrogen) atoms. The highest BCUT2D eigenvalue weighted by atomic mass is 19.3. The summed E-state index contributed by atoms with van der Waals surface area (Å²) >= 11 is 0. The first kappa shape index (κ1) is 15.1. The van der Waals surface area contributed by atoms with Gasteiger partial charge in [0.05, 0.1) is 12.4 Å². The number of fused-ring (bicyclic) bond motifs is 1. The molecule has 0 spiro atoms. The quantitative estimate of drug-likeness (QED) is 0.928. The van der Waals surface area contributed by atoms with Crippen LogP contribution < -0.4 is 4.90 Å². The molecule has 3 heterocycles. The lowest BCUT2D eigenvalue weighted by atomic mass is 9.91. The number of alkyl halides is 2. The summed E-state index contributed by atoms with van der Waals surface area (Å²) in [6, 6.07) is 0. The molecule has 0 aliphatic carbocycles. The van der Waals surface area contributed by atoms with Gasteiger partial charge in [0, 0.05) is 19.7 Å². The van der Waals surface area contributed by atoms with Gasteiger partial charge in [-0.15, -0.1) is 0 Å². The number of piperidine rings is 1. The summed E-state index contributed by atoms with van der Waals surface area (Å²) in [5, 5.41) is 13.3. The predicted octanol–water partition coefficient (Wildman–Crippen LogP) is 1.55. The van der Waals surface area contributed by atoms with E-state index in [1.54, 1.807) is 6.20 Å². The first-order valence-corrected chi connectivity index (χ1v) is 7.39. The van der Waals surface area contributed by atoms with Gasteiger partial charge in [-0.3, -0.25) is 0 Å². The van der Waals surface area contributed by atoms with Crippen LogP contribution in [0.1, 0.15) is 13.3 Å². The summed E-state index contributed by atoms with van der Waals surface area (Å²) in [4.78, 5) is 10.8. The summed E-state index contributed by atoms with van der Waals surface area (Å²) in [7, 11) is 0. The Kier molecular flexibility index (Phi) is 4.19. The molecule has 0 amide bonds. The highest BCUT2D eigenvalue weighted by molar-refractivity contribution is 5.71. The van der Waals surface area contributed by atoms with E-state index in [9.17, 15) is 13.9 Å². The first-order chi connectivity index (χ1) is 10.6. The SMILES string of the molecule is C[C@H]1C[C@@H](CO)CN(c2cnc3cnn(CC(F)F)c3n2)C1. The smallest absolute Gasteiger partial charge is 0.258 e. The molecular formula is C14H19F2N5O. The largest absolute Gasteiger partial charge is 0.396 e. The Bertz CT molecular complexity index is 647. The molecule has 1 aliphatic heterocycles. The van der Waals surface area contributed by atoms with Gasteiger partial charge in [0.1, 0.15) is 17.9 Å². The number of halogens is 2. The lowest BCUT2D eigenvalue weighted by Gasteiger charge is -2.36. The zero-order valence-electron chi connectivity index (χ0n) is 12.4. The van der Waals surface area contributed by atoms with Gasteiger partial charge >= 0.3 is 0 Å². The van der Waals surface area contributed by atoms with E-state index < -0.39 is 13.0 Å². The fourth-order valence-electron chi connectivity index (χ4n) is 3.06. The molecule has 0 bridgehead atoms. The number of aliphatic hydroxyl groups excluding tert-OH is 1. The molecular weight excluding hydrogens is 292 g/mol. The van der Waals surface area contributed by atoms with E-state index >= 15 is 0 Å². The normalized spacial score (nSPS) is 22.7. The van der Waals surface area contributed by atoms with Gasteiger partial charge in [-0.25, -0.2) is 23.4 Å². The standard InChI is InChI=1S/C14H19F2N5O/c1-9-2-10(8-22)6-20(5-9)13-4-17-11-3-18-21(7-12(15)16)14(11)19-13/h3-4,9-10,12,22H,2,5-8H2,1H3/t9-,10+/m0/s1. The molecule has 120 valence electrons. The number of rotatable bonds is 4. The van der Waals surface area contributed by atoms with Gasteiger partial charge in [-0.2, -0.15) is 5.10 Å². The Hall–Kier alpha value is -1.83. The van der Waals surface area contributed by atoms with Gasteiger partial charge in [0.15, 0.2) is 5.65 Å². The Morgan fingerprint density at radius 3 is 2.91 bits per heavy atom. The van der Waals surface area contributed by atoms with Crippen LogP contribution in [0.25, 0.3) is 11.2 Å². The van der Waals surface area contributed by atoms with Crippen molar-refractivity contribution >= 4 is 17.0 Å². The molecule has 8 heteroatoms. The molecule has 0 unspecified atom stereocenters. The first-order valence-electron chi connectivity index (χ1n) is 7.39. The third-order valence-electron chi connectivity index (χ3n) is 3.97. The Morgan fingerprint density at radius 1 is 1.36 bits per heavy atom. The van der Waals surface area contributed by atoms with Crippen LogP contribution in [-0.2, 0) is 6.54 Å². The molecule has 0 saturated carbocycles. The summed E-state index contributed by atoms with van der Waals surface area (Å²) in [5.41, 5.74) is 0.879. The lowest BCUT2D eigenvalue weighted by Crippen LogP contribution is -2.41. The summed E-state index contributed by atoms with van der Waals surface area (Å²) in [6.07, 6.45) is 1.58. The van der Waals surface area contributed by atoms with E-state index in [1.165, 1.54) is 10.9 Å². The second kappa shape index (κ2) is 6.12. The number of anilines is 1. The molecule has 2 aromatic heterocycles. The molecule has 2 atom stereocenters. The fraction of sp³-hybridized carbons (Fsp3) is 0.643. The number of aliphatic hydroxyl groups is 1. The van der Waals surface area contributed by atoms with Crippen LogP contribution in [0.2, 0.25) is 0 Å². The van der Waals surface area contributed by atoms with Crippen molar-refractivity contribution in [3.05, 3.63) is 12.4 Å². The summed E-state index contributed by atoms with van der Waals surface area (Å²) < 4.78 is 26.4. The maximum absolute atomic E-state index is 12.6. The van der Waals surface area contributed by atoms with Crippen LogP contribution >= 0.6 is 0 Å². The molecule has 1 fully saturated rings. The second-order valence-corrected chi connectivity index (χ2v) is 5.95. The van der Waals surface area contributed by atoms with Crippen molar-refractivity contribution in [3.63, 3.8) is 0 Å². The van der Waals surface area contributed by atoms with Crippen LogP contribution in [0, 0.1) is 11.8 Å². The van der Waals surface area contributed by atoms with E-state index in [0.29, 0.717) is 29.4 Å². The average Bonchev–Trinajstić information content (AvgIpc) is 2.88. The number of hydrogen-bond acceptors (Lipinski definition) is 5. The molecule has 6 nitrogen and oxygen atoms in total. The second-order valence-electron chi connectivity index (χ2n) is 5.95. The van der Waals surface area contributed by atoms with E-state index in [1.807, 2.05) is 0 Å². The van der Waals surface area contributed by atoms with Gasteiger partial charge < -0.3 is 10.0 Å².